The van der Waals surface area contributed by atoms with E-state index in [1.807, 2.05) is 18.2 Å². The van der Waals surface area contributed by atoms with E-state index < -0.39 is 0 Å². The zero-order valence-electron chi connectivity index (χ0n) is 11.6. The van der Waals surface area contributed by atoms with E-state index in [9.17, 15) is 0 Å². The summed E-state index contributed by atoms with van der Waals surface area (Å²) in [5, 5.41) is 0. The lowest BCUT2D eigenvalue weighted by molar-refractivity contribution is 0.00578. The number of nitrogens with zero attached hydrogens (tertiary/aromatic N) is 1. The van der Waals surface area contributed by atoms with Gasteiger partial charge < -0.3 is 9.31 Å². The van der Waals surface area contributed by atoms with Crippen LogP contribution in [0.15, 0.2) is 29.3 Å². The van der Waals surface area contributed by atoms with Gasteiger partial charge in [-0.2, -0.15) is 0 Å². The van der Waals surface area contributed by atoms with E-state index in [2.05, 4.69) is 45.5 Å². The summed E-state index contributed by atoms with van der Waals surface area (Å²) in [6.07, 6.45) is 0. The van der Waals surface area contributed by atoms with Crippen LogP contribution >= 0.6 is 0 Å². The Balaban J connectivity index is 2.24. The Morgan fingerprint density at radius 2 is 1.78 bits per heavy atom. The van der Waals surface area contributed by atoms with Gasteiger partial charge in [0.05, 0.1) is 17.7 Å². The van der Waals surface area contributed by atoms with Gasteiger partial charge in [-0.1, -0.05) is 24.3 Å². The second-order valence-corrected chi connectivity index (χ2v) is 5.72. The molecule has 0 atom stereocenters. The van der Waals surface area contributed by atoms with E-state index in [0.29, 0.717) is 6.54 Å². The monoisotopic (exact) mass is 245 g/mol. The fourth-order valence-electron chi connectivity index (χ4n) is 1.95. The number of hydrogen-bond donors (Lipinski definition) is 0. The van der Waals surface area contributed by atoms with Crippen molar-refractivity contribution in [3.63, 3.8) is 0 Å². The summed E-state index contributed by atoms with van der Waals surface area (Å²) in [7, 11) is -0.306. The van der Waals surface area contributed by atoms with Crippen LogP contribution in [0.25, 0.3) is 0 Å². The predicted molar refractivity (Wildman–Crippen MR) is 75.4 cm³/mol. The average Bonchev–Trinajstić information content (AvgIpc) is 2.49. The minimum absolute atomic E-state index is 0.301. The molecule has 2 rings (SSSR count). The van der Waals surface area contributed by atoms with Crippen LogP contribution in [0, 0.1) is 0 Å². The third-order valence-electron chi connectivity index (χ3n) is 3.77. The van der Waals surface area contributed by atoms with Gasteiger partial charge in [0.1, 0.15) is 0 Å². The Morgan fingerprint density at radius 1 is 1.17 bits per heavy atom. The summed E-state index contributed by atoms with van der Waals surface area (Å²) >= 11 is 0. The third-order valence-corrected chi connectivity index (χ3v) is 3.77. The standard InChI is InChI=1S/C14H20BNO2/c1-13(2)14(3,4)18-15(17-13)12-8-6-7-11(9-12)10-16-5/h6-9H,5,10H2,1-4H3. The maximum atomic E-state index is 6.01. The van der Waals surface area contributed by atoms with Gasteiger partial charge >= 0.3 is 7.12 Å². The lowest BCUT2D eigenvalue weighted by Crippen LogP contribution is -2.41. The molecule has 1 aliphatic heterocycles. The molecule has 96 valence electrons. The molecule has 1 fully saturated rings. The summed E-state index contributed by atoms with van der Waals surface area (Å²) in [5.74, 6) is 0. The normalized spacial score (nSPS) is 21.0. The van der Waals surface area contributed by atoms with Gasteiger partial charge in [-0.25, -0.2) is 0 Å². The zero-order valence-corrected chi connectivity index (χ0v) is 11.6. The van der Waals surface area contributed by atoms with Crippen LogP contribution in [0.1, 0.15) is 33.3 Å². The minimum atomic E-state index is -0.306. The molecule has 0 spiro atoms. The highest BCUT2D eigenvalue weighted by atomic mass is 16.7. The van der Waals surface area contributed by atoms with E-state index in [-0.39, 0.29) is 18.3 Å². The van der Waals surface area contributed by atoms with Crippen LogP contribution in [-0.4, -0.2) is 25.0 Å². The average molecular weight is 245 g/mol. The van der Waals surface area contributed by atoms with Crippen molar-refractivity contribution in [2.45, 2.75) is 45.4 Å². The first kappa shape index (κ1) is 13.3. The Kier molecular flexibility index (Phi) is 3.34. The van der Waals surface area contributed by atoms with Crippen LogP contribution < -0.4 is 5.46 Å². The first-order valence-electron chi connectivity index (χ1n) is 6.23. The first-order chi connectivity index (χ1) is 8.36. The van der Waals surface area contributed by atoms with Crippen LogP contribution in [0.4, 0.5) is 0 Å². The summed E-state index contributed by atoms with van der Waals surface area (Å²) in [5.41, 5.74) is 1.56. The van der Waals surface area contributed by atoms with Crippen LogP contribution in [0.5, 0.6) is 0 Å². The van der Waals surface area contributed by atoms with Gasteiger partial charge in [0.2, 0.25) is 0 Å². The maximum absolute atomic E-state index is 6.01. The summed E-state index contributed by atoms with van der Waals surface area (Å²) < 4.78 is 12.0. The molecule has 3 nitrogen and oxygen atoms in total. The van der Waals surface area contributed by atoms with Gasteiger partial charge in [0, 0.05) is 0 Å². The van der Waals surface area contributed by atoms with Gasteiger partial charge in [0.15, 0.2) is 0 Å². The van der Waals surface area contributed by atoms with Crippen molar-refractivity contribution in [3.8, 4) is 0 Å². The molecule has 18 heavy (non-hydrogen) atoms. The number of benzene rings is 1. The van der Waals surface area contributed by atoms with E-state index >= 15 is 0 Å². The van der Waals surface area contributed by atoms with Crippen molar-refractivity contribution in [3.05, 3.63) is 29.8 Å². The fraction of sp³-hybridized carbons (Fsp3) is 0.500. The van der Waals surface area contributed by atoms with Crippen molar-refractivity contribution in [1.82, 2.24) is 0 Å². The van der Waals surface area contributed by atoms with E-state index in [4.69, 9.17) is 9.31 Å². The predicted octanol–water partition coefficient (Wildman–Crippen LogP) is 2.19. The van der Waals surface area contributed by atoms with E-state index in [0.717, 1.165) is 11.0 Å². The quantitative estimate of drug-likeness (QED) is 0.603. The largest absolute Gasteiger partial charge is 0.494 e. The van der Waals surface area contributed by atoms with Crippen molar-refractivity contribution in [2.75, 3.05) is 0 Å². The maximum Gasteiger partial charge on any atom is 0.494 e. The van der Waals surface area contributed by atoms with Crippen LogP contribution in [0.3, 0.4) is 0 Å². The summed E-state index contributed by atoms with van der Waals surface area (Å²) in [4.78, 5) is 3.90. The minimum Gasteiger partial charge on any atom is -0.399 e. The molecule has 1 saturated heterocycles. The zero-order chi connectivity index (χ0) is 13.4. The Labute approximate surface area is 109 Å². The molecule has 1 aliphatic rings. The van der Waals surface area contributed by atoms with Crippen LogP contribution in [0.2, 0.25) is 0 Å². The van der Waals surface area contributed by atoms with Crippen molar-refractivity contribution < 1.29 is 9.31 Å². The van der Waals surface area contributed by atoms with E-state index in [1.54, 1.807) is 0 Å². The second kappa shape index (κ2) is 4.52. The molecule has 0 amide bonds. The Bertz CT molecular complexity index is 441. The molecule has 0 N–H and O–H groups in total. The Morgan fingerprint density at radius 3 is 2.33 bits per heavy atom. The van der Waals surface area contributed by atoms with Gasteiger partial charge in [-0.05, 0) is 45.4 Å². The molecule has 0 bridgehead atoms. The highest BCUT2D eigenvalue weighted by molar-refractivity contribution is 6.62. The molecule has 0 unspecified atom stereocenters. The molecule has 0 radical (unpaired) electrons. The SMILES string of the molecule is C=NCc1cccc(B2OC(C)(C)C(C)(C)O2)c1. The lowest BCUT2D eigenvalue weighted by Gasteiger charge is -2.32. The molecule has 4 heteroatoms. The third kappa shape index (κ3) is 2.35. The number of hydrogen-bond acceptors (Lipinski definition) is 3. The molecule has 0 aromatic heterocycles. The lowest BCUT2D eigenvalue weighted by atomic mass is 9.78. The fourth-order valence-corrected chi connectivity index (χ4v) is 1.95. The molecular weight excluding hydrogens is 225 g/mol. The van der Waals surface area contributed by atoms with Crippen molar-refractivity contribution in [1.29, 1.82) is 0 Å². The molecule has 1 aromatic carbocycles. The second-order valence-electron chi connectivity index (χ2n) is 5.72. The van der Waals surface area contributed by atoms with Gasteiger partial charge in [-0.3, -0.25) is 4.99 Å². The molecule has 1 heterocycles. The highest BCUT2D eigenvalue weighted by Gasteiger charge is 2.51. The van der Waals surface area contributed by atoms with Crippen molar-refractivity contribution in [2.24, 2.45) is 4.99 Å². The molecule has 1 aromatic rings. The summed E-state index contributed by atoms with van der Waals surface area (Å²) in [6.45, 7) is 12.4. The van der Waals surface area contributed by atoms with Gasteiger partial charge in [0.25, 0.3) is 0 Å². The first-order valence-corrected chi connectivity index (χ1v) is 6.23. The van der Waals surface area contributed by atoms with Crippen molar-refractivity contribution >= 4 is 19.3 Å². The van der Waals surface area contributed by atoms with Crippen LogP contribution in [-0.2, 0) is 15.9 Å². The number of rotatable bonds is 3. The molecular formula is C14H20BNO2. The topological polar surface area (TPSA) is 30.8 Å². The Hall–Kier alpha value is -1.13. The smallest absolute Gasteiger partial charge is 0.399 e. The highest BCUT2D eigenvalue weighted by Crippen LogP contribution is 2.36. The van der Waals surface area contributed by atoms with E-state index in [1.165, 1.54) is 0 Å². The summed E-state index contributed by atoms with van der Waals surface area (Å²) in [6, 6.07) is 8.12. The molecule has 0 saturated carbocycles. The van der Waals surface area contributed by atoms with Gasteiger partial charge in [-0.15, -0.1) is 0 Å². The number of aliphatic imine (C=N–C) groups is 1. The molecule has 0 aliphatic carbocycles.